The Bertz CT molecular complexity index is 1340. The second kappa shape index (κ2) is 9.35. The molecule has 1 aromatic carbocycles. The highest BCUT2D eigenvalue weighted by molar-refractivity contribution is 8.26. The van der Waals surface area contributed by atoms with Crippen LogP contribution in [0.4, 0.5) is 5.82 Å². The third kappa shape index (κ3) is 4.40. The van der Waals surface area contributed by atoms with E-state index in [2.05, 4.69) is 18.7 Å². The first-order valence-electron chi connectivity index (χ1n) is 11.5. The highest BCUT2D eigenvalue weighted by Gasteiger charge is 2.33. The van der Waals surface area contributed by atoms with Crippen LogP contribution in [0.15, 0.2) is 64.4 Å². The average molecular weight is 491 g/mol. The van der Waals surface area contributed by atoms with Crippen molar-refractivity contribution in [1.82, 2.24) is 14.3 Å². The van der Waals surface area contributed by atoms with Gasteiger partial charge in [0.15, 0.2) is 0 Å². The van der Waals surface area contributed by atoms with E-state index in [1.807, 2.05) is 48.5 Å². The molecule has 0 radical (unpaired) electrons. The fourth-order valence-corrected chi connectivity index (χ4v) is 6.06. The number of fused-ring (bicyclic) bond motifs is 1. The molecule has 2 fully saturated rings. The molecular formula is C26H26N4O2S2. The number of amides is 1. The molecule has 0 bridgehead atoms. The zero-order valence-corrected chi connectivity index (χ0v) is 20.8. The number of aromatic nitrogens is 2. The fraction of sp³-hybridized carbons (Fsp3) is 0.308. The van der Waals surface area contributed by atoms with Crippen LogP contribution in [0.25, 0.3) is 11.7 Å². The van der Waals surface area contributed by atoms with Crippen molar-refractivity contribution < 1.29 is 4.79 Å². The smallest absolute Gasteiger partial charge is 0.267 e. The minimum Gasteiger partial charge on any atom is -0.355 e. The number of benzene rings is 1. The van der Waals surface area contributed by atoms with Crippen molar-refractivity contribution in [1.29, 1.82) is 0 Å². The van der Waals surface area contributed by atoms with Crippen LogP contribution in [0.3, 0.4) is 0 Å². The monoisotopic (exact) mass is 490 g/mol. The van der Waals surface area contributed by atoms with Crippen molar-refractivity contribution >= 4 is 51.7 Å². The van der Waals surface area contributed by atoms with Crippen LogP contribution in [0.5, 0.6) is 0 Å². The molecule has 2 aromatic heterocycles. The van der Waals surface area contributed by atoms with Crippen LogP contribution in [0.2, 0.25) is 0 Å². The van der Waals surface area contributed by atoms with Crippen molar-refractivity contribution in [2.24, 2.45) is 11.8 Å². The predicted molar refractivity (Wildman–Crippen MR) is 142 cm³/mol. The maximum atomic E-state index is 13.6. The maximum absolute atomic E-state index is 13.6. The Hall–Kier alpha value is -2.97. The third-order valence-corrected chi connectivity index (χ3v) is 7.63. The number of thiocarbonyl (C=S) groups is 1. The van der Waals surface area contributed by atoms with Crippen LogP contribution in [0.1, 0.15) is 31.4 Å². The molecule has 2 saturated heterocycles. The van der Waals surface area contributed by atoms with E-state index >= 15 is 0 Å². The van der Waals surface area contributed by atoms with Crippen molar-refractivity contribution in [2.45, 2.75) is 26.8 Å². The highest BCUT2D eigenvalue weighted by Crippen LogP contribution is 2.35. The van der Waals surface area contributed by atoms with E-state index < -0.39 is 0 Å². The van der Waals surface area contributed by atoms with Gasteiger partial charge in [0.25, 0.3) is 11.5 Å². The summed E-state index contributed by atoms with van der Waals surface area (Å²) in [4.78, 5) is 36.0. The van der Waals surface area contributed by atoms with E-state index in [9.17, 15) is 9.59 Å². The van der Waals surface area contributed by atoms with Crippen molar-refractivity contribution in [2.75, 3.05) is 18.0 Å². The van der Waals surface area contributed by atoms with Gasteiger partial charge in [0.1, 0.15) is 15.8 Å². The maximum Gasteiger partial charge on any atom is 0.267 e. The van der Waals surface area contributed by atoms with Crippen LogP contribution in [-0.4, -0.2) is 37.6 Å². The first-order chi connectivity index (χ1) is 16.4. The van der Waals surface area contributed by atoms with Gasteiger partial charge in [-0.1, -0.05) is 74.2 Å². The number of nitrogens with zero attached hydrogens (tertiary/aromatic N) is 4. The molecule has 34 heavy (non-hydrogen) atoms. The molecule has 6 nitrogen and oxygen atoms in total. The first kappa shape index (κ1) is 22.8. The van der Waals surface area contributed by atoms with Gasteiger partial charge in [-0.25, -0.2) is 4.98 Å². The summed E-state index contributed by atoms with van der Waals surface area (Å²) < 4.78 is 2.03. The Morgan fingerprint density at radius 2 is 1.76 bits per heavy atom. The number of pyridine rings is 1. The topological polar surface area (TPSA) is 57.9 Å². The Kier molecular flexibility index (Phi) is 6.27. The molecule has 174 valence electrons. The van der Waals surface area contributed by atoms with Crippen molar-refractivity contribution in [3.8, 4) is 0 Å². The molecule has 2 aliphatic rings. The molecule has 0 saturated carbocycles. The van der Waals surface area contributed by atoms with E-state index in [1.54, 1.807) is 17.2 Å². The van der Waals surface area contributed by atoms with Crippen LogP contribution in [0, 0.1) is 11.8 Å². The van der Waals surface area contributed by atoms with Crippen LogP contribution < -0.4 is 10.5 Å². The summed E-state index contributed by atoms with van der Waals surface area (Å²) in [5.74, 6) is 1.46. The SMILES string of the molecule is CC1CC(C)CN(c2nc3ccccn3c(=O)c2/C=C2/SC(=S)N(Cc3ccccc3)C2=O)C1. The molecule has 0 spiro atoms. The Labute approximate surface area is 208 Å². The van der Waals surface area contributed by atoms with Gasteiger partial charge in [0.2, 0.25) is 0 Å². The minimum absolute atomic E-state index is 0.178. The van der Waals surface area contributed by atoms with Gasteiger partial charge < -0.3 is 4.90 Å². The lowest BCUT2D eigenvalue weighted by Crippen LogP contribution is -2.40. The number of carbonyl (C=O) groups excluding carboxylic acids is 1. The summed E-state index contributed by atoms with van der Waals surface area (Å²) >= 11 is 6.77. The lowest BCUT2D eigenvalue weighted by atomic mass is 9.91. The van der Waals surface area contributed by atoms with E-state index in [-0.39, 0.29) is 11.5 Å². The molecule has 1 amide bonds. The van der Waals surface area contributed by atoms with Crippen molar-refractivity contribution in [3.63, 3.8) is 0 Å². The average Bonchev–Trinajstić information content (AvgIpc) is 3.08. The first-order valence-corrected chi connectivity index (χ1v) is 12.7. The number of rotatable bonds is 4. The lowest BCUT2D eigenvalue weighted by molar-refractivity contribution is -0.122. The number of piperidine rings is 1. The molecule has 0 N–H and O–H groups in total. The molecule has 0 aliphatic carbocycles. The largest absolute Gasteiger partial charge is 0.355 e. The summed E-state index contributed by atoms with van der Waals surface area (Å²) in [6.45, 7) is 6.52. The zero-order chi connectivity index (χ0) is 23.8. The van der Waals surface area contributed by atoms with Gasteiger partial charge in [-0.3, -0.25) is 18.9 Å². The summed E-state index contributed by atoms with van der Waals surface area (Å²) in [5.41, 5.74) is 1.86. The van der Waals surface area contributed by atoms with Gasteiger partial charge in [0, 0.05) is 19.3 Å². The molecule has 4 heterocycles. The predicted octanol–water partition coefficient (Wildman–Crippen LogP) is 4.58. The van der Waals surface area contributed by atoms with Gasteiger partial charge in [-0.05, 0) is 42.0 Å². The van der Waals surface area contributed by atoms with Gasteiger partial charge in [-0.15, -0.1) is 0 Å². The Balaban J connectivity index is 1.57. The van der Waals surface area contributed by atoms with E-state index in [4.69, 9.17) is 17.2 Å². The zero-order valence-electron chi connectivity index (χ0n) is 19.2. The summed E-state index contributed by atoms with van der Waals surface area (Å²) in [5, 5.41) is 0. The van der Waals surface area contributed by atoms with Gasteiger partial charge in [0.05, 0.1) is 17.0 Å². The Morgan fingerprint density at radius 3 is 2.50 bits per heavy atom. The number of hydrogen-bond acceptors (Lipinski definition) is 6. The number of hydrogen-bond donors (Lipinski definition) is 0. The summed E-state index contributed by atoms with van der Waals surface area (Å²) in [6, 6.07) is 15.3. The van der Waals surface area contributed by atoms with Crippen LogP contribution in [-0.2, 0) is 11.3 Å². The van der Waals surface area contributed by atoms with Crippen LogP contribution >= 0.6 is 24.0 Å². The van der Waals surface area contributed by atoms with E-state index in [1.165, 1.54) is 16.2 Å². The number of anilines is 1. The second-order valence-electron chi connectivity index (χ2n) is 9.19. The van der Waals surface area contributed by atoms with E-state index in [0.717, 1.165) is 25.1 Å². The Morgan fingerprint density at radius 1 is 1.06 bits per heavy atom. The fourth-order valence-electron chi connectivity index (χ4n) is 4.83. The third-order valence-electron chi connectivity index (χ3n) is 6.25. The molecule has 2 unspecified atom stereocenters. The normalized spacial score (nSPS) is 22.2. The van der Waals surface area contributed by atoms with E-state index in [0.29, 0.717) is 44.6 Å². The standard InChI is InChI=1S/C26H26N4O2S2/c1-17-12-18(2)15-28(14-17)23-20(24(31)29-11-7-6-10-22(29)27-23)13-21-25(32)30(26(33)34-21)16-19-8-4-3-5-9-19/h3-11,13,17-18H,12,14-16H2,1-2H3/b21-13+. The summed E-state index contributed by atoms with van der Waals surface area (Å²) in [6.07, 6.45) is 4.56. The number of thioether (sulfide) groups is 1. The van der Waals surface area contributed by atoms with Gasteiger partial charge >= 0.3 is 0 Å². The molecule has 3 aromatic rings. The second-order valence-corrected chi connectivity index (χ2v) is 10.9. The molecule has 2 aliphatic heterocycles. The van der Waals surface area contributed by atoms with Crippen molar-refractivity contribution in [3.05, 3.63) is 81.1 Å². The number of carbonyl (C=O) groups is 1. The summed E-state index contributed by atoms with van der Waals surface area (Å²) in [7, 11) is 0. The van der Waals surface area contributed by atoms with Gasteiger partial charge in [-0.2, -0.15) is 0 Å². The molecule has 2 atom stereocenters. The minimum atomic E-state index is -0.181. The lowest BCUT2D eigenvalue weighted by Gasteiger charge is -2.36. The highest BCUT2D eigenvalue weighted by atomic mass is 32.2. The molecule has 8 heteroatoms. The molecule has 5 rings (SSSR count). The molecular weight excluding hydrogens is 464 g/mol. The quantitative estimate of drug-likeness (QED) is 0.394.